The molecule has 2 aromatic heterocycles. The molecule has 1 aliphatic rings. The van der Waals surface area contributed by atoms with Gasteiger partial charge in [-0.15, -0.1) is 0 Å². The fourth-order valence-electron chi connectivity index (χ4n) is 3.24. The third-order valence-corrected chi connectivity index (χ3v) is 4.85. The summed E-state index contributed by atoms with van der Waals surface area (Å²) < 4.78 is 6.80. The van der Waals surface area contributed by atoms with Gasteiger partial charge in [-0.05, 0) is 42.7 Å². The van der Waals surface area contributed by atoms with E-state index in [2.05, 4.69) is 15.4 Å². The highest BCUT2D eigenvalue weighted by molar-refractivity contribution is 5.93. The maximum absolute atomic E-state index is 12.7. The van der Waals surface area contributed by atoms with Crippen LogP contribution in [0.2, 0.25) is 0 Å². The zero-order valence-electron chi connectivity index (χ0n) is 15.6. The van der Waals surface area contributed by atoms with Gasteiger partial charge >= 0.3 is 0 Å². The van der Waals surface area contributed by atoms with Gasteiger partial charge in [-0.3, -0.25) is 14.7 Å². The van der Waals surface area contributed by atoms with Crippen LogP contribution in [0.25, 0.3) is 16.9 Å². The Labute approximate surface area is 166 Å². The zero-order valence-corrected chi connectivity index (χ0v) is 15.6. The monoisotopic (exact) mass is 389 g/mol. The second-order valence-electron chi connectivity index (χ2n) is 6.77. The number of amides is 1. The third-order valence-electron chi connectivity index (χ3n) is 4.85. The average molecular weight is 389 g/mol. The number of benzene rings is 1. The summed E-state index contributed by atoms with van der Waals surface area (Å²) in [5.41, 5.74) is 1.85. The number of nitrogens with zero attached hydrogens (tertiary/aromatic N) is 3. The van der Waals surface area contributed by atoms with Crippen LogP contribution in [0.5, 0.6) is 0 Å². The van der Waals surface area contributed by atoms with Gasteiger partial charge in [0.15, 0.2) is 5.82 Å². The highest BCUT2D eigenvalue weighted by atomic mass is 16.5. The first kappa shape index (κ1) is 18.7. The number of hydrogen-bond donors (Lipinski definition) is 2. The molecule has 0 aliphatic carbocycles. The summed E-state index contributed by atoms with van der Waals surface area (Å²) in [5, 5.41) is 14.6. The van der Waals surface area contributed by atoms with E-state index in [1.807, 2.05) is 6.07 Å². The molecule has 29 heavy (non-hydrogen) atoms. The number of ether oxygens (including phenoxy) is 1. The van der Waals surface area contributed by atoms with Crippen LogP contribution < -0.4 is 10.9 Å². The number of aromatic amines is 1. The van der Waals surface area contributed by atoms with Crippen molar-refractivity contribution in [2.24, 2.45) is 0 Å². The molecule has 146 valence electrons. The van der Waals surface area contributed by atoms with Crippen molar-refractivity contribution in [1.82, 2.24) is 20.1 Å². The van der Waals surface area contributed by atoms with E-state index in [0.717, 1.165) is 19.4 Å². The molecular weight excluding hydrogens is 370 g/mol. The number of H-pyrrole nitrogens is 1. The van der Waals surface area contributed by atoms with E-state index in [-0.39, 0.29) is 17.6 Å². The summed E-state index contributed by atoms with van der Waals surface area (Å²) in [4.78, 5) is 29.2. The average Bonchev–Trinajstić information content (AvgIpc) is 3.42. The number of carbonyl (C=O) groups is 1. The topological polar surface area (TPSA) is 113 Å². The summed E-state index contributed by atoms with van der Waals surface area (Å²) in [5.74, 6) is 0.155. The summed E-state index contributed by atoms with van der Waals surface area (Å²) in [6.45, 7) is 1.22. The van der Waals surface area contributed by atoms with E-state index in [0.29, 0.717) is 34.6 Å². The molecule has 1 atom stereocenters. The van der Waals surface area contributed by atoms with Gasteiger partial charge in [0.2, 0.25) is 0 Å². The Bertz CT molecular complexity index is 1100. The van der Waals surface area contributed by atoms with Gasteiger partial charge in [0.25, 0.3) is 11.5 Å². The molecule has 1 aromatic carbocycles. The van der Waals surface area contributed by atoms with Gasteiger partial charge in [0, 0.05) is 25.5 Å². The summed E-state index contributed by atoms with van der Waals surface area (Å²) >= 11 is 0. The molecule has 3 heterocycles. The molecule has 0 radical (unpaired) electrons. The lowest BCUT2D eigenvalue weighted by Crippen LogP contribution is -2.31. The predicted octanol–water partition coefficient (Wildman–Crippen LogP) is 2.01. The molecule has 8 heteroatoms. The van der Waals surface area contributed by atoms with Crippen molar-refractivity contribution in [3.8, 4) is 23.0 Å². The van der Waals surface area contributed by atoms with E-state index >= 15 is 0 Å². The minimum absolute atomic E-state index is 0.0734. The lowest BCUT2D eigenvalue weighted by molar-refractivity contribution is 0.0857. The van der Waals surface area contributed by atoms with Crippen molar-refractivity contribution in [3.63, 3.8) is 0 Å². The van der Waals surface area contributed by atoms with Crippen LogP contribution in [0.15, 0.2) is 53.6 Å². The SMILES string of the molecule is N#Cc1ccc(-c2c[nH]n(-c3ccc(C(=O)NCC4CCCO4)cn3)c2=O)cc1. The van der Waals surface area contributed by atoms with Gasteiger partial charge in [0.05, 0.1) is 28.9 Å². The van der Waals surface area contributed by atoms with Crippen LogP contribution in [0.3, 0.4) is 0 Å². The number of aromatic nitrogens is 3. The molecule has 0 bridgehead atoms. The first-order chi connectivity index (χ1) is 14.2. The van der Waals surface area contributed by atoms with Gasteiger partial charge in [-0.2, -0.15) is 5.26 Å². The fourth-order valence-corrected chi connectivity index (χ4v) is 3.24. The third kappa shape index (κ3) is 3.95. The first-order valence-electron chi connectivity index (χ1n) is 9.33. The summed E-state index contributed by atoms with van der Waals surface area (Å²) in [7, 11) is 0. The van der Waals surface area contributed by atoms with Gasteiger partial charge in [-0.25, -0.2) is 9.67 Å². The quantitative estimate of drug-likeness (QED) is 0.693. The van der Waals surface area contributed by atoms with Crippen LogP contribution >= 0.6 is 0 Å². The minimum Gasteiger partial charge on any atom is -0.376 e. The highest BCUT2D eigenvalue weighted by Crippen LogP contribution is 2.16. The normalized spacial score (nSPS) is 15.8. The zero-order chi connectivity index (χ0) is 20.2. The lowest BCUT2D eigenvalue weighted by atomic mass is 10.1. The number of nitrogens with one attached hydrogen (secondary N) is 2. The number of carbonyl (C=O) groups excluding carboxylic acids is 1. The molecule has 0 saturated carbocycles. The van der Waals surface area contributed by atoms with E-state index in [1.54, 1.807) is 42.6 Å². The standard InChI is InChI=1S/C21H19N5O3/c22-10-14-3-5-15(6-4-14)18-13-25-26(21(18)28)19-8-7-16(11-23-19)20(27)24-12-17-2-1-9-29-17/h3-8,11,13,17,25H,1-2,9,12H2,(H,24,27). The van der Waals surface area contributed by atoms with Gasteiger partial charge in [-0.1, -0.05) is 12.1 Å². The number of pyridine rings is 1. The number of nitriles is 1. The maximum Gasteiger partial charge on any atom is 0.280 e. The summed E-state index contributed by atoms with van der Waals surface area (Å²) in [6, 6.07) is 12.1. The molecular formula is C21H19N5O3. The number of hydrogen-bond acceptors (Lipinski definition) is 5. The molecule has 1 amide bonds. The van der Waals surface area contributed by atoms with E-state index in [9.17, 15) is 9.59 Å². The van der Waals surface area contributed by atoms with Gasteiger partial charge < -0.3 is 10.1 Å². The maximum atomic E-state index is 12.7. The van der Waals surface area contributed by atoms with Crippen LogP contribution in [0.1, 0.15) is 28.8 Å². The molecule has 3 aromatic rings. The van der Waals surface area contributed by atoms with Crippen LogP contribution in [-0.2, 0) is 4.74 Å². The Morgan fingerprint density at radius 3 is 2.79 bits per heavy atom. The second-order valence-corrected chi connectivity index (χ2v) is 6.77. The first-order valence-corrected chi connectivity index (χ1v) is 9.33. The van der Waals surface area contributed by atoms with E-state index in [1.165, 1.54) is 10.9 Å². The predicted molar refractivity (Wildman–Crippen MR) is 106 cm³/mol. The lowest BCUT2D eigenvalue weighted by Gasteiger charge is -2.10. The molecule has 1 aliphatic heterocycles. The molecule has 2 N–H and O–H groups in total. The smallest absolute Gasteiger partial charge is 0.280 e. The van der Waals surface area contributed by atoms with Crippen LogP contribution in [0.4, 0.5) is 0 Å². The molecule has 1 fully saturated rings. The van der Waals surface area contributed by atoms with Gasteiger partial charge in [0.1, 0.15) is 0 Å². The molecule has 0 spiro atoms. The Morgan fingerprint density at radius 2 is 2.14 bits per heavy atom. The van der Waals surface area contributed by atoms with Crippen molar-refractivity contribution in [2.75, 3.05) is 13.2 Å². The Hall–Kier alpha value is -3.70. The Morgan fingerprint density at radius 1 is 1.31 bits per heavy atom. The highest BCUT2D eigenvalue weighted by Gasteiger charge is 2.17. The van der Waals surface area contributed by atoms with Crippen molar-refractivity contribution in [3.05, 3.63) is 70.3 Å². The molecule has 8 nitrogen and oxygen atoms in total. The van der Waals surface area contributed by atoms with E-state index < -0.39 is 0 Å². The summed E-state index contributed by atoms with van der Waals surface area (Å²) in [6.07, 6.45) is 5.08. The van der Waals surface area contributed by atoms with E-state index in [4.69, 9.17) is 10.00 Å². The van der Waals surface area contributed by atoms with Crippen molar-refractivity contribution in [1.29, 1.82) is 5.26 Å². The molecule has 4 rings (SSSR count). The largest absolute Gasteiger partial charge is 0.376 e. The van der Waals surface area contributed by atoms with Crippen LogP contribution in [0, 0.1) is 11.3 Å². The second kappa shape index (κ2) is 8.12. The molecule has 1 unspecified atom stereocenters. The Kier molecular flexibility index (Phi) is 5.22. The fraction of sp³-hybridized carbons (Fsp3) is 0.238. The van der Waals surface area contributed by atoms with Crippen molar-refractivity contribution < 1.29 is 9.53 Å². The van der Waals surface area contributed by atoms with Crippen LogP contribution in [-0.4, -0.2) is 39.9 Å². The minimum atomic E-state index is -0.266. The van der Waals surface area contributed by atoms with Crippen molar-refractivity contribution >= 4 is 5.91 Å². The number of rotatable bonds is 5. The van der Waals surface area contributed by atoms with Crippen molar-refractivity contribution in [2.45, 2.75) is 18.9 Å². The molecule has 1 saturated heterocycles. The Balaban J connectivity index is 1.49.